The van der Waals surface area contributed by atoms with Crippen LogP contribution in [0.15, 0.2) is 30.5 Å². The Kier molecular flexibility index (Phi) is 3.02. The van der Waals surface area contributed by atoms with E-state index in [0.717, 1.165) is 17.8 Å². The summed E-state index contributed by atoms with van der Waals surface area (Å²) in [4.78, 5) is 4.17. The number of hydrogen-bond acceptors (Lipinski definition) is 2. The SMILES string of the molecule is CNc1nc(C)cn1-c1cccc(C(F)(F)F)c1. The molecule has 0 saturated heterocycles. The third-order valence-electron chi connectivity index (χ3n) is 2.50. The lowest BCUT2D eigenvalue weighted by atomic mass is 10.2. The van der Waals surface area contributed by atoms with Gasteiger partial charge in [-0.3, -0.25) is 4.57 Å². The fourth-order valence-corrected chi connectivity index (χ4v) is 1.70. The summed E-state index contributed by atoms with van der Waals surface area (Å²) in [5.74, 6) is 0.506. The zero-order valence-electron chi connectivity index (χ0n) is 9.92. The topological polar surface area (TPSA) is 29.9 Å². The smallest absolute Gasteiger partial charge is 0.358 e. The molecule has 1 aromatic carbocycles. The van der Waals surface area contributed by atoms with Crippen LogP contribution in [-0.4, -0.2) is 16.6 Å². The Hall–Kier alpha value is -1.98. The van der Waals surface area contributed by atoms with E-state index in [4.69, 9.17) is 0 Å². The minimum atomic E-state index is -4.34. The second-order valence-electron chi connectivity index (χ2n) is 3.87. The minimum absolute atomic E-state index is 0.426. The van der Waals surface area contributed by atoms with Crippen LogP contribution in [0.3, 0.4) is 0 Å². The molecular formula is C12H12F3N3. The first kappa shape index (κ1) is 12.5. The molecule has 0 amide bonds. The van der Waals surface area contributed by atoms with E-state index in [1.807, 2.05) is 0 Å². The fourth-order valence-electron chi connectivity index (χ4n) is 1.70. The number of benzene rings is 1. The van der Waals surface area contributed by atoms with Crippen molar-refractivity contribution in [3.05, 3.63) is 41.7 Å². The first-order valence-electron chi connectivity index (χ1n) is 5.33. The first-order valence-corrected chi connectivity index (χ1v) is 5.33. The third kappa shape index (κ3) is 2.32. The van der Waals surface area contributed by atoms with Crippen molar-refractivity contribution in [3.63, 3.8) is 0 Å². The van der Waals surface area contributed by atoms with Gasteiger partial charge in [0.25, 0.3) is 0 Å². The fraction of sp³-hybridized carbons (Fsp3) is 0.250. The number of anilines is 1. The molecular weight excluding hydrogens is 243 g/mol. The maximum Gasteiger partial charge on any atom is 0.416 e. The van der Waals surface area contributed by atoms with Gasteiger partial charge in [0.1, 0.15) is 0 Å². The van der Waals surface area contributed by atoms with Crippen LogP contribution < -0.4 is 5.32 Å². The predicted molar refractivity (Wildman–Crippen MR) is 62.8 cm³/mol. The summed E-state index contributed by atoms with van der Waals surface area (Å²) < 4.78 is 39.5. The second-order valence-corrected chi connectivity index (χ2v) is 3.87. The predicted octanol–water partition coefficient (Wildman–Crippen LogP) is 3.24. The van der Waals surface area contributed by atoms with E-state index in [-0.39, 0.29) is 0 Å². The van der Waals surface area contributed by atoms with Crippen molar-refractivity contribution >= 4 is 5.95 Å². The quantitative estimate of drug-likeness (QED) is 0.892. The molecule has 0 unspecified atom stereocenters. The van der Waals surface area contributed by atoms with Crippen molar-refractivity contribution in [1.82, 2.24) is 9.55 Å². The Morgan fingerprint density at radius 3 is 2.61 bits per heavy atom. The average Bonchev–Trinajstić information content (AvgIpc) is 2.69. The molecule has 2 rings (SSSR count). The zero-order chi connectivity index (χ0) is 13.3. The average molecular weight is 255 g/mol. The lowest BCUT2D eigenvalue weighted by Crippen LogP contribution is -2.07. The number of alkyl halides is 3. The van der Waals surface area contributed by atoms with Crippen LogP contribution in [0.4, 0.5) is 19.1 Å². The number of nitrogens with zero attached hydrogens (tertiary/aromatic N) is 2. The molecule has 0 spiro atoms. The molecule has 0 aliphatic heterocycles. The molecule has 0 atom stereocenters. The van der Waals surface area contributed by atoms with Gasteiger partial charge in [-0.1, -0.05) is 6.07 Å². The monoisotopic (exact) mass is 255 g/mol. The van der Waals surface area contributed by atoms with E-state index in [0.29, 0.717) is 11.6 Å². The van der Waals surface area contributed by atoms with Crippen molar-refractivity contribution in [2.45, 2.75) is 13.1 Å². The molecule has 0 aliphatic carbocycles. The lowest BCUT2D eigenvalue weighted by Gasteiger charge is -2.11. The second kappa shape index (κ2) is 4.36. The Balaban J connectivity index is 2.51. The maximum absolute atomic E-state index is 12.6. The number of halogens is 3. The molecule has 96 valence electrons. The first-order chi connectivity index (χ1) is 8.41. The van der Waals surface area contributed by atoms with Crippen LogP contribution in [0.25, 0.3) is 5.69 Å². The van der Waals surface area contributed by atoms with Crippen molar-refractivity contribution in [1.29, 1.82) is 0 Å². The van der Waals surface area contributed by atoms with E-state index >= 15 is 0 Å². The van der Waals surface area contributed by atoms with Gasteiger partial charge in [-0.2, -0.15) is 13.2 Å². The number of aromatic nitrogens is 2. The van der Waals surface area contributed by atoms with Gasteiger partial charge in [-0.15, -0.1) is 0 Å². The van der Waals surface area contributed by atoms with Gasteiger partial charge in [0.05, 0.1) is 11.3 Å². The highest BCUT2D eigenvalue weighted by Crippen LogP contribution is 2.30. The lowest BCUT2D eigenvalue weighted by molar-refractivity contribution is -0.137. The summed E-state index contributed by atoms with van der Waals surface area (Å²) in [5, 5.41) is 2.84. The van der Waals surface area contributed by atoms with Gasteiger partial charge in [-0.25, -0.2) is 4.98 Å². The van der Waals surface area contributed by atoms with Crippen molar-refractivity contribution in [2.24, 2.45) is 0 Å². The van der Waals surface area contributed by atoms with Crippen molar-refractivity contribution < 1.29 is 13.2 Å². The highest BCUT2D eigenvalue weighted by Gasteiger charge is 2.30. The van der Waals surface area contributed by atoms with Gasteiger partial charge in [-0.05, 0) is 25.1 Å². The van der Waals surface area contributed by atoms with Crippen LogP contribution in [0, 0.1) is 6.92 Å². The third-order valence-corrected chi connectivity index (χ3v) is 2.50. The van der Waals surface area contributed by atoms with Crippen LogP contribution in [0.1, 0.15) is 11.3 Å². The van der Waals surface area contributed by atoms with Crippen LogP contribution in [-0.2, 0) is 6.18 Å². The van der Waals surface area contributed by atoms with Crippen LogP contribution >= 0.6 is 0 Å². The number of aryl methyl sites for hydroxylation is 1. The number of imidazole rings is 1. The summed E-state index contributed by atoms with van der Waals surface area (Å²) in [5.41, 5.74) is 0.486. The van der Waals surface area contributed by atoms with Gasteiger partial charge < -0.3 is 5.32 Å². The van der Waals surface area contributed by atoms with Crippen LogP contribution in [0.5, 0.6) is 0 Å². The van der Waals surface area contributed by atoms with Gasteiger partial charge in [0.2, 0.25) is 5.95 Å². The molecule has 3 nitrogen and oxygen atoms in total. The van der Waals surface area contributed by atoms with E-state index in [2.05, 4.69) is 10.3 Å². The van der Waals surface area contributed by atoms with Crippen molar-refractivity contribution in [3.8, 4) is 5.69 Å². The highest BCUT2D eigenvalue weighted by atomic mass is 19.4. The summed E-state index contributed by atoms with van der Waals surface area (Å²) in [6.07, 6.45) is -2.66. The molecule has 0 bridgehead atoms. The Morgan fingerprint density at radius 2 is 2.00 bits per heavy atom. The largest absolute Gasteiger partial charge is 0.416 e. The minimum Gasteiger partial charge on any atom is -0.358 e. The number of nitrogens with one attached hydrogen (secondary N) is 1. The molecule has 18 heavy (non-hydrogen) atoms. The van der Waals surface area contributed by atoms with E-state index in [1.165, 1.54) is 6.07 Å². The molecule has 1 heterocycles. The van der Waals surface area contributed by atoms with Crippen molar-refractivity contribution in [2.75, 3.05) is 12.4 Å². The highest BCUT2D eigenvalue weighted by molar-refractivity contribution is 5.45. The Bertz CT molecular complexity index is 558. The zero-order valence-corrected chi connectivity index (χ0v) is 9.92. The molecule has 6 heteroatoms. The summed E-state index contributed by atoms with van der Waals surface area (Å²) in [6.45, 7) is 1.78. The van der Waals surface area contributed by atoms with E-state index < -0.39 is 11.7 Å². The Morgan fingerprint density at radius 1 is 1.28 bits per heavy atom. The molecule has 0 fully saturated rings. The van der Waals surface area contributed by atoms with Gasteiger partial charge >= 0.3 is 6.18 Å². The molecule has 0 saturated carbocycles. The molecule has 1 N–H and O–H groups in total. The van der Waals surface area contributed by atoms with Crippen LogP contribution in [0.2, 0.25) is 0 Å². The van der Waals surface area contributed by atoms with Gasteiger partial charge in [0, 0.05) is 18.9 Å². The molecule has 0 radical (unpaired) electrons. The molecule has 0 aliphatic rings. The van der Waals surface area contributed by atoms with Gasteiger partial charge in [0.15, 0.2) is 0 Å². The Labute approximate surface area is 102 Å². The van der Waals surface area contributed by atoms with E-state index in [1.54, 1.807) is 30.8 Å². The standard InChI is InChI=1S/C12H12F3N3/c1-8-7-18(11(16-2)17-8)10-5-3-4-9(6-10)12(13,14)15/h3-7H,1-2H3,(H,16,17). The summed E-state index contributed by atoms with van der Waals surface area (Å²) >= 11 is 0. The summed E-state index contributed by atoms with van der Waals surface area (Å²) in [7, 11) is 1.67. The number of rotatable bonds is 2. The van der Waals surface area contributed by atoms with E-state index in [9.17, 15) is 13.2 Å². The molecule has 2 aromatic rings. The summed E-state index contributed by atoms with van der Waals surface area (Å²) in [6, 6.07) is 5.14. The normalized spacial score (nSPS) is 11.6. The molecule has 1 aromatic heterocycles. The maximum atomic E-state index is 12.6. The number of hydrogen-bond donors (Lipinski definition) is 1.